The lowest BCUT2D eigenvalue weighted by Gasteiger charge is -2.43. The maximum atomic E-state index is 3.69. The van der Waals surface area contributed by atoms with Crippen LogP contribution in [0.25, 0.3) is 0 Å². The lowest BCUT2D eigenvalue weighted by molar-refractivity contribution is 0.0850. The molecule has 1 saturated heterocycles. The van der Waals surface area contributed by atoms with Crippen LogP contribution in [-0.4, -0.2) is 30.1 Å². The van der Waals surface area contributed by atoms with Crippen molar-refractivity contribution < 1.29 is 0 Å². The number of hydrogen-bond donors (Lipinski definition) is 1. The summed E-state index contributed by atoms with van der Waals surface area (Å²) in [4.78, 5) is 2.70. The summed E-state index contributed by atoms with van der Waals surface area (Å²) in [6.45, 7) is 13.8. The highest BCUT2D eigenvalue weighted by Crippen LogP contribution is 2.27. The Bertz CT molecular complexity index is 424. The van der Waals surface area contributed by atoms with Crippen LogP contribution in [0, 0.1) is 0 Å². The minimum absolute atomic E-state index is 0.507. The number of nitrogens with one attached hydrogen (secondary N) is 1. The van der Waals surface area contributed by atoms with Gasteiger partial charge >= 0.3 is 0 Å². The summed E-state index contributed by atoms with van der Waals surface area (Å²) in [5.74, 6) is 0.612. The van der Waals surface area contributed by atoms with Crippen molar-refractivity contribution in [3.05, 3.63) is 35.4 Å². The molecule has 1 aliphatic heterocycles. The molecule has 3 atom stereocenters. The summed E-state index contributed by atoms with van der Waals surface area (Å²) < 4.78 is 0. The first-order valence-electron chi connectivity index (χ1n) is 8.65. The van der Waals surface area contributed by atoms with E-state index < -0.39 is 0 Å². The van der Waals surface area contributed by atoms with Crippen molar-refractivity contribution in [2.75, 3.05) is 13.1 Å². The van der Waals surface area contributed by atoms with Gasteiger partial charge in [-0.05, 0) is 36.8 Å². The van der Waals surface area contributed by atoms with Crippen LogP contribution >= 0.6 is 0 Å². The topological polar surface area (TPSA) is 15.3 Å². The molecule has 3 unspecified atom stereocenters. The molecule has 118 valence electrons. The van der Waals surface area contributed by atoms with Crippen LogP contribution in [0.2, 0.25) is 0 Å². The van der Waals surface area contributed by atoms with E-state index in [1.54, 1.807) is 0 Å². The van der Waals surface area contributed by atoms with E-state index in [0.29, 0.717) is 24.0 Å². The summed E-state index contributed by atoms with van der Waals surface area (Å²) >= 11 is 0. The average Bonchev–Trinajstić information content (AvgIpc) is 2.53. The van der Waals surface area contributed by atoms with Gasteiger partial charge in [-0.25, -0.2) is 0 Å². The zero-order valence-electron chi connectivity index (χ0n) is 14.4. The van der Waals surface area contributed by atoms with E-state index in [9.17, 15) is 0 Å². The van der Waals surface area contributed by atoms with Crippen LogP contribution in [-0.2, 0) is 0 Å². The Morgan fingerprint density at radius 2 is 1.67 bits per heavy atom. The second-order valence-corrected chi connectivity index (χ2v) is 6.77. The molecule has 1 fully saturated rings. The standard InChI is InChI=1S/C19H32N2/c1-6-18-13-21(19(7-2)12-20-18)15(5)17-10-8-16(9-11-17)14(3)4/h8-11,14-15,18-20H,6-7,12-13H2,1-5H3. The largest absolute Gasteiger partial charge is 0.311 e. The van der Waals surface area contributed by atoms with Crippen molar-refractivity contribution in [3.63, 3.8) is 0 Å². The fourth-order valence-corrected chi connectivity index (χ4v) is 3.37. The molecule has 1 heterocycles. The average molecular weight is 288 g/mol. The van der Waals surface area contributed by atoms with Crippen LogP contribution < -0.4 is 5.32 Å². The number of nitrogens with zero attached hydrogens (tertiary/aromatic N) is 1. The third-order valence-corrected chi connectivity index (χ3v) is 5.09. The van der Waals surface area contributed by atoms with Crippen LogP contribution in [0.15, 0.2) is 24.3 Å². The van der Waals surface area contributed by atoms with Gasteiger partial charge in [0.15, 0.2) is 0 Å². The summed E-state index contributed by atoms with van der Waals surface area (Å²) in [5, 5.41) is 3.69. The minimum Gasteiger partial charge on any atom is -0.311 e. The second kappa shape index (κ2) is 7.42. The lowest BCUT2D eigenvalue weighted by atomic mass is 9.96. The predicted octanol–water partition coefficient (Wildman–Crippen LogP) is 4.33. The van der Waals surface area contributed by atoms with E-state index in [1.807, 2.05) is 0 Å². The van der Waals surface area contributed by atoms with E-state index >= 15 is 0 Å². The molecule has 0 radical (unpaired) electrons. The van der Waals surface area contributed by atoms with Gasteiger partial charge in [0, 0.05) is 31.2 Å². The molecule has 0 aliphatic carbocycles. The summed E-state index contributed by atoms with van der Waals surface area (Å²) in [6.07, 6.45) is 2.43. The first kappa shape index (κ1) is 16.5. The number of benzene rings is 1. The van der Waals surface area contributed by atoms with Gasteiger partial charge in [-0.3, -0.25) is 4.90 Å². The van der Waals surface area contributed by atoms with Crippen LogP contribution in [0.4, 0.5) is 0 Å². The molecular formula is C19H32N2. The van der Waals surface area contributed by atoms with Gasteiger partial charge in [0.2, 0.25) is 0 Å². The Hall–Kier alpha value is -0.860. The quantitative estimate of drug-likeness (QED) is 0.867. The maximum Gasteiger partial charge on any atom is 0.0324 e. The molecule has 2 heteroatoms. The Labute approximate surface area is 130 Å². The molecule has 1 aromatic rings. The monoisotopic (exact) mass is 288 g/mol. The van der Waals surface area contributed by atoms with Crippen LogP contribution in [0.1, 0.15) is 70.5 Å². The van der Waals surface area contributed by atoms with E-state index in [4.69, 9.17) is 0 Å². The third kappa shape index (κ3) is 3.87. The maximum absolute atomic E-state index is 3.69. The fraction of sp³-hybridized carbons (Fsp3) is 0.684. The molecule has 1 aliphatic rings. The van der Waals surface area contributed by atoms with Crippen molar-refractivity contribution in [2.24, 2.45) is 0 Å². The van der Waals surface area contributed by atoms with Crippen molar-refractivity contribution in [1.29, 1.82) is 0 Å². The van der Waals surface area contributed by atoms with Crippen molar-refractivity contribution in [1.82, 2.24) is 10.2 Å². The molecule has 21 heavy (non-hydrogen) atoms. The van der Waals surface area contributed by atoms with Gasteiger partial charge < -0.3 is 5.32 Å². The molecule has 0 amide bonds. The van der Waals surface area contributed by atoms with E-state index in [2.05, 4.69) is 69.1 Å². The van der Waals surface area contributed by atoms with Gasteiger partial charge in [-0.1, -0.05) is 52.0 Å². The van der Waals surface area contributed by atoms with Gasteiger partial charge in [0.05, 0.1) is 0 Å². The molecule has 2 rings (SSSR count). The SMILES string of the molecule is CCC1CN(C(C)c2ccc(C(C)C)cc2)C(CC)CN1. The predicted molar refractivity (Wildman–Crippen MR) is 91.8 cm³/mol. The minimum atomic E-state index is 0.507. The highest BCUT2D eigenvalue weighted by atomic mass is 15.2. The molecule has 0 bridgehead atoms. The summed E-state index contributed by atoms with van der Waals surface area (Å²) in [7, 11) is 0. The van der Waals surface area contributed by atoms with Crippen LogP contribution in [0.3, 0.4) is 0 Å². The Kier molecular flexibility index (Phi) is 5.83. The molecule has 2 nitrogen and oxygen atoms in total. The van der Waals surface area contributed by atoms with Crippen molar-refractivity contribution in [3.8, 4) is 0 Å². The normalized spacial score (nSPS) is 25.2. The number of piperazine rings is 1. The third-order valence-electron chi connectivity index (χ3n) is 5.09. The highest BCUT2D eigenvalue weighted by molar-refractivity contribution is 5.27. The van der Waals surface area contributed by atoms with Gasteiger partial charge in [-0.2, -0.15) is 0 Å². The Morgan fingerprint density at radius 3 is 2.19 bits per heavy atom. The Balaban J connectivity index is 2.13. The molecule has 1 aromatic carbocycles. The van der Waals surface area contributed by atoms with Gasteiger partial charge in [-0.15, -0.1) is 0 Å². The zero-order chi connectivity index (χ0) is 15.4. The van der Waals surface area contributed by atoms with E-state index in [0.717, 1.165) is 6.54 Å². The molecule has 1 N–H and O–H groups in total. The first-order chi connectivity index (χ1) is 10.1. The van der Waals surface area contributed by atoms with Crippen molar-refractivity contribution >= 4 is 0 Å². The second-order valence-electron chi connectivity index (χ2n) is 6.77. The lowest BCUT2D eigenvalue weighted by Crippen LogP contribution is -2.56. The summed E-state index contributed by atoms with van der Waals surface area (Å²) in [5.41, 5.74) is 2.89. The van der Waals surface area contributed by atoms with Crippen molar-refractivity contribution in [2.45, 2.75) is 71.5 Å². The molecule has 0 saturated carbocycles. The molecule has 0 spiro atoms. The molecular weight excluding hydrogens is 256 g/mol. The highest BCUT2D eigenvalue weighted by Gasteiger charge is 2.29. The van der Waals surface area contributed by atoms with Gasteiger partial charge in [0.25, 0.3) is 0 Å². The molecule has 0 aromatic heterocycles. The Morgan fingerprint density at radius 1 is 1.05 bits per heavy atom. The summed E-state index contributed by atoms with van der Waals surface area (Å²) in [6, 6.07) is 11.1. The van der Waals surface area contributed by atoms with Gasteiger partial charge in [0.1, 0.15) is 0 Å². The first-order valence-corrected chi connectivity index (χ1v) is 8.65. The van der Waals surface area contributed by atoms with Crippen LogP contribution in [0.5, 0.6) is 0 Å². The smallest absolute Gasteiger partial charge is 0.0324 e. The zero-order valence-corrected chi connectivity index (χ0v) is 14.4. The van der Waals surface area contributed by atoms with E-state index in [-0.39, 0.29) is 0 Å². The van der Waals surface area contributed by atoms with E-state index in [1.165, 1.54) is 30.5 Å². The number of rotatable bonds is 5. The number of hydrogen-bond acceptors (Lipinski definition) is 2. The fourth-order valence-electron chi connectivity index (χ4n) is 3.37.